The Hall–Kier alpha value is -2.80. The fourth-order valence-electron chi connectivity index (χ4n) is 2.77. The van der Waals surface area contributed by atoms with Crippen LogP contribution in [0.3, 0.4) is 0 Å². The first kappa shape index (κ1) is 19.9. The second-order valence-electron chi connectivity index (χ2n) is 6.23. The summed E-state index contributed by atoms with van der Waals surface area (Å²) in [6, 6.07) is 10.4. The van der Waals surface area contributed by atoms with E-state index in [1.54, 1.807) is 6.92 Å². The van der Waals surface area contributed by atoms with E-state index < -0.39 is 17.7 Å². The summed E-state index contributed by atoms with van der Waals surface area (Å²) in [5.74, 6) is -0.812. The fraction of sp³-hybridized carbons (Fsp3) is 0.238. The molecule has 0 bridgehead atoms. The van der Waals surface area contributed by atoms with Gasteiger partial charge < -0.3 is 10.1 Å². The first-order chi connectivity index (χ1) is 13.5. The topological polar surface area (TPSA) is 51.2 Å². The van der Waals surface area contributed by atoms with Gasteiger partial charge in [0.2, 0.25) is 5.91 Å². The van der Waals surface area contributed by atoms with Crippen molar-refractivity contribution < 1.29 is 18.3 Å². The van der Waals surface area contributed by atoms with E-state index in [1.807, 2.05) is 36.6 Å². The van der Waals surface area contributed by atoms with Crippen LogP contribution < -0.4 is 10.1 Å². The Labute approximate surface area is 166 Å². The molecule has 1 unspecified atom stereocenters. The number of nitrogens with zero attached hydrogens (tertiary/aromatic N) is 1. The average Bonchev–Trinajstić information content (AvgIpc) is 3.10. The number of carbonyl (C=O) groups is 1. The minimum Gasteiger partial charge on any atom is -0.494 e. The van der Waals surface area contributed by atoms with Crippen LogP contribution in [0, 0.1) is 11.6 Å². The maximum Gasteiger partial charge on any atom is 0.226 e. The number of hydrogen-bond donors (Lipinski definition) is 1. The summed E-state index contributed by atoms with van der Waals surface area (Å²) in [5, 5.41) is 5.36. The van der Waals surface area contributed by atoms with E-state index in [9.17, 15) is 13.6 Å². The molecule has 1 heterocycles. The van der Waals surface area contributed by atoms with Gasteiger partial charge in [0.25, 0.3) is 0 Å². The molecule has 0 aliphatic carbocycles. The molecule has 1 amide bonds. The third kappa shape index (κ3) is 4.92. The van der Waals surface area contributed by atoms with Crippen molar-refractivity contribution in [2.75, 3.05) is 6.61 Å². The molecule has 0 aliphatic rings. The van der Waals surface area contributed by atoms with E-state index in [4.69, 9.17) is 4.74 Å². The van der Waals surface area contributed by atoms with E-state index in [2.05, 4.69) is 10.3 Å². The van der Waals surface area contributed by atoms with Gasteiger partial charge in [-0.3, -0.25) is 4.79 Å². The molecule has 28 heavy (non-hydrogen) atoms. The highest BCUT2D eigenvalue weighted by molar-refractivity contribution is 7.13. The Morgan fingerprint density at radius 2 is 1.96 bits per heavy atom. The Kier molecular flexibility index (Phi) is 6.36. The van der Waals surface area contributed by atoms with Gasteiger partial charge in [-0.1, -0.05) is 6.07 Å². The zero-order chi connectivity index (χ0) is 20.1. The molecule has 0 saturated heterocycles. The molecule has 3 aromatic rings. The summed E-state index contributed by atoms with van der Waals surface area (Å²) >= 11 is 1.45. The lowest BCUT2D eigenvalue weighted by atomic mass is 10.1. The molecule has 1 N–H and O–H groups in total. The number of hydrogen-bond acceptors (Lipinski definition) is 4. The van der Waals surface area contributed by atoms with Gasteiger partial charge in [0.1, 0.15) is 22.4 Å². The zero-order valence-electron chi connectivity index (χ0n) is 15.5. The SMILES string of the molecule is CCOc1ccc(-c2nc(CC(=O)NC(C)c3ccc(F)cc3F)cs2)cc1. The van der Waals surface area contributed by atoms with Crippen molar-refractivity contribution in [2.45, 2.75) is 26.3 Å². The van der Waals surface area contributed by atoms with Gasteiger partial charge in [-0.15, -0.1) is 11.3 Å². The average molecular weight is 402 g/mol. The van der Waals surface area contributed by atoms with Crippen molar-refractivity contribution in [2.24, 2.45) is 0 Å². The second-order valence-corrected chi connectivity index (χ2v) is 7.09. The quantitative estimate of drug-likeness (QED) is 0.611. The monoisotopic (exact) mass is 402 g/mol. The number of thiazole rings is 1. The number of ether oxygens (including phenoxy) is 1. The molecule has 146 valence electrons. The first-order valence-corrected chi connectivity index (χ1v) is 9.76. The van der Waals surface area contributed by atoms with Crippen LogP contribution in [0.4, 0.5) is 8.78 Å². The minimum atomic E-state index is -0.681. The molecule has 1 atom stereocenters. The molecule has 4 nitrogen and oxygen atoms in total. The molecule has 0 aliphatic heterocycles. The molecule has 2 aromatic carbocycles. The number of aromatic nitrogens is 1. The van der Waals surface area contributed by atoms with Crippen molar-refractivity contribution in [1.29, 1.82) is 0 Å². The highest BCUT2D eigenvalue weighted by atomic mass is 32.1. The summed E-state index contributed by atoms with van der Waals surface area (Å²) in [7, 11) is 0. The van der Waals surface area contributed by atoms with Crippen molar-refractivity contribution in [3.63, 3.8) is 0 Å². The van der Waals surface area contributed by atoms with Gasteiger partial charge in [-0.05, 0) is 44.2 Å². The standard InChI is InChI=1S/C21H20F2N2O2S/c1-3-27-17-7-4-14(5-8-17)21-25-16(12-28-21)11-20(26)24-13(2)18-9-6-15(22)10-19(18)23/h4-10,12-13H,3,11H2,1-2H3,(H,24,26). The van der Waals surface area contributed by atoms with Crippen LogP contribution in [-0.2, 0) is 11.2 Å². The highest BCUT2D eigenvalue weighted by Gasteiger charge is 2.16. The fourth-order valence-corrected chi connectivity index (χ4v) is 3.59. The minimum absolute atomic E-state index is 0.0840. The number of halogens is 2. The highest BCUT2D eigenvalue weighted by Crippen LogP contribution is 2.26. The van der Waals surface area contributed by atoms with Crippen LogP contribution in [0.15, 0.2) is 47.8 Å². The number of benzene rings is 2. The maximum atomic E-state index is 13.8. The molecule has 3 rings (SSSR count). The van der Waals surface area contributed by atoms with Gasteiger partial charge >= 0.3 is 0 Å². The Balaban J connectivity index is 1.62. The second kappa shape index (κ2) is 8.93. The van der Waals surface area contributed by atoms with Crippen LogP contribution in [0.25, 0.3) is 10.6 Å². The predicted octanol–water partition coefficient (Wildman–Crippen LogP) is 4.91. The van der Waals surface area contributed by atoms with Crippen molar-refractivity contribution in [3.8, 4) is 16.3 Å². The molecule has 0 radical (unpaired) electrons. The summed E-state index contributed by atoms with van der Waals surface area (Å²) in [6.07, 6.45) is 0.0840. The lowest BCUT2D eigenvalue weighted by Gasteiger charge is -2.14. The van der Waals surface area contributed by atoms with Crippen molar-refractivity contribution in [1.82, 2.24) is 10.3 Å². The van der Waals surface area contributed by atoms with Gasteiger partial charge in [0.15, 0.2) is 0 Å². The maximum absolute atomic E-state index is 13.8. The zero-order valence-corrected chi connectivity index (χ0v) is 16.4. The van der Waals surface area contributed by atoms with E-state index in [-0.39, 0.29) is 17.9 Å². The third-order valence-electron chi connectivity index (χ3n) is 4.11. The van der Waals surface area contributed by atoms with Gasteiger partial charge in [0.05, 0.1) is 24.8 Å². The third-order valence-corrected chi connectivity index (χ3v) is 5.05. The Morgan fingerprint density at radius 1 is 1.21 bits per heavy atom. The predicted molar refractivity (Wildman–Crippen MR) is 105 cm³/mol. The van der Waals surface area contributed by atoms with Gasteiger partial charge in [-0.2, -0.15) is 0 Å². The summed E-state index contributed by atoms with van der Waals surface area (Å²) in [5.41, 5.74) is 1.82. The summed E-state index contributed by atoms with van der Waals surface area (Å²) < 4.78 is 32.3. The van der Waals surface area contributed by atoms with Gasteiger partial charge in [0, 0.05) is 22.6 Å². The number of rotatable bonds is 7. The van der Waals surface area contributed by atoms with Gasteiger partial charge in [-0.25, -0.2) is 13.8 Å². The lowest BCUT2D eigenvalue weighted by molar-refractivity contribution is -0.121. The normalized spacial score (nSPS) is 11.9. The summed E-state index contributed by atoms with van der Waals surface area (Å²) in [6.45, 7) is 4.19. The van der Waals surface area contributed by atoms with E-state index in [0.717, 1.165) is 22.4 Å². The number of nitrogens with one attached hydrogen (secondary N) is 1. The largest absolute Gasteiger partial charge is 0.494 e. The molecule has 0 spiro atoms. The van der Waals surface area contributed by atoms with Crippen LogP contribution in [0.2, 0.25) is 0 Å². The molecule has 0 saturated carbocycles. The molecule has 7 heteroatoms. The molecule has 0 fully saturated rings. The van der Waals surface area contributed by atoms with E-state index in [0.29, 0.717) is 12.3 Å². The van der Waals surface area contributed by atoms with Crippen LogP contribution in [-0.4, -0.2) is 17.5 Å². The van der Waals surface area contributed by atoms with Crippen molar-refractivity contribution >= 4 is 17.2 Å². The van der Waals surface area contributed by atoms with E-state index in [1.165, 1.54) is 23.5 Å². The van der Waals surface area contributed by atoms with Crippen LogP contribution in [0.5, 0.6) is 5.75 Å². The number of amides is 1. The van der Waals surface area contributed by atoms with Crippen LogP contribution in [0.1, 0.15) is 31.1 Å². The first-order valence-electron chi connectivity index (χ1n) is 8.88. The number of carbonyl (C=O) groups excluding carboxylic acids is 1. The lowest BCUT2D eigenvalue weighted by Crippen LogP contribution is -2.28. The molecule has 1 aromatic heterocycles. The summed E-state index contributed by atoms with van der Waals surface area (Å²) in [4.78, 5) is 16.8. The van der Waals surface area contributed by atoms with E-state index >= 15 is 0 Å². The Morgan fingerprint density at radius 3 is 2.64 bits per heavy atom. The smallest absolute Gasteiger partial charge is 0.226 e. The van der Waals surface area contributed by atoms with Crippen LogP contribution >= 0.6 is 11.3 Å². The Bertz CT molecular complexity index is 957. The molecular weight excluding hydrogens is 382 g/mol. The molecular formula is C21H20F2N2O2S. The van der Waals surface area contributed by atoms with Crippen molar-refractivity contribution in [3.05, 3.63) is 70.7 Å².